The summed E-state index contributed by atoms with van der Waals surface area (Å²) in [5, 5.41) is 2.77. The number of ether oxygens (including phenoxy) is 1. The zero-order valence-electron chi connectivity index (χ0n) is 9.78. The van der Waals surface area contributed by atoms with Crippen LogP contribution < -0.4 is 5.32 Å². The number of rotatable bonds is 3. The fourth-order valence-corrected chi connectivity index (χ4v) is 1.50. The zero-order valence-corrected chi connectivity index (χ0v) is 10.5. The molecule has 0 aliphatic heterocycles. The van der Waals surface area contributed by atoms with Crippen LogP contribution in [0.1, 0.15) is 23.0 Å². The first-order valence-electron chi connectivity index (χ1n) is 4.96. The molecule has 0 aromatic carbocycles. The largest absolute Gasteiger partial charge is 0.467 e. The Bertz CT molecular complexity index is 448. The fraction of sp³-hybridized carbons (Fsp3) is 0.364. The van der Waals surface area contributed by atoms with E-state index in [-0.39, 0.29) is 5.56 Å². The molecular weight excluding hydrogens is 244 g/mol. The molecule has 0 fully saturated rings. The Morgan fingerprint density at radius 1 is 1.53 bits per heavy atom. The van der Waals surface area contributed by atoms with Crippen molar-refractivity contribution in [2.75, 3.05) is 7.11 Å². The van der Waals surface area contributed by atoms with E-state index in [0.717, 1.165) is 0 Å². The van der Waals surface area contributed by atoms with Gasteiger partial charge in [-0.1, -0.05) is 11.6 Å². The molecule has 0 aliphatic carbocycles. The van der Waals surface area contributed by atoms with Gasteiger partial charge >= 0.3 is 5.97 Å². The molecule has 1 amide bonds. The van der Waals surface area contributed by atoms with E-state index >= 15 is 0 Å². The minimum atomic E-state index is -0.732. The highest BCUT2D eigenvalue weighted by Crippen LogP contribution is 2.15. The van der Waals surface area contributed by atoms with Gasteiger partial charge in [-0.15, -0.1) is 0 Å². The Morgan fingerprint density at radius 2 is 2.18 bits per heavy atom. The Labute approximate surface area is 104 Å². The molecule has 17 heavy (non-hydrogen) atoms. The predicted molar refractivity (Wildman–Crippen MR) is 62.9 cm³/mol. The summed E-state index contributed by atoms with van der Waals surface area (Å²) in [4.78, 5) is 26.9. The van der Waals surface area contributed by atoms with Crippen molar-refractivity contribution in [1.29, 1.82) is 0 Å². The van der Waals surface area contributed by atoms with Gasteiger partial charge in [0.25, 0.3) is 5.91 Å². The number of methoxy groups -OCH3 is 1. The van der Waals surface area contributed by atoms with Crippen molar-refractivity contribution >= 4 is 23.5 Å². The van der Waals surface area contributed by atoms with Gasteiger partial charge in [-0.2, -0.15) is 0 Å². The Hall–Kier alpha value is -1.62. The highest BCUT2D eigenvalue weighted by molar-refractivity contribution is 6.33. The smallest absolute Gasteiger partial charge is 0.328 e. The quantitative estimate of drug-likeness (QED) is 0.829. The van der Waals surface area contributed by atoms with Gasteiger partial charge in [0.2, 0.25) is 0 Å². The summed E-state index contributed by atoms with van der Waals surface area (Å²) in [5.41, 5.74) is 0.945. The van der Waals surface area contributed by atoms with E-state index in [1.807, 2.05) is 0 Å². The van der Waals surface area contributed by atoms with Crippen LogP contribution in [0, 0.1) is 6.92 Å². The van der Waals surface area contributed by atoms with E-state index < -0.39 is 17.9 Å². The summed E-state index contributed by atoms with van der Waals surface area (Å²) in [7, 11) is 1.26. The van der Waals surface area contributed by atoms with Crippen LogP contribution in [0.25, 0.3) is 0 Å². The lowest BCUT2D eigenvalue weighted by Gasteiger charge is -2.12. The third-order valence-corrected chi connectivity index (χ3v) is 2.45. The van der Waals surface area contributed by atoms with Crippen LogP contribution in [0.2, 0.25) is 5.02 Å². The molecule has 0 spiro atoms. The van der Waals surface area contributed by atoms with E-state index in [0.29, 0.717) is 10.7 Å². The molecule has 0 radical (unpaired) electrons. The van der Waals surface area contributed by atoms with Gasteiger partial charge in [0.1, 0.15) is 6.04 Å². The maximum absolute atomic E-state index is 11.8. The first-order chi connectivity index (χ1) is 7.95. The maximum Gasteiger partial charge on any atom is 0.328 e. The van der Waals surface area contributed by atoms with Gasteiger partial charge < -0.3 is 10.1 Å². The number of pyridine rings is 1. The molecule has 6 heteroatoms. The molecule has 0 bridgehead atoms. The molecule has 5 nitrogen and oxygen atoms in total. The van der Waals surface area contributed by atoms with Crippen LogP contribution in [0.5, 0.6) is 0 Å². The molecule has 0 saturated carbocycles. The number of aromatic nitrogens is 1. The SMILES string of the molecule is COC(=O)[C@H](C)NC(=O)c1cnc(C)cc1Cl. The van der Waals surface area contributed by atoms with E-state index in [2.05, 4.69) is 15.0 Å². The molecule has 0 aliphatic rings. The maximum atomic E-state index is 11.8. The molecule has 1 atom stereocenters. The Morgan fingerprint density at radius 3 is 2.71 bits per heavy atom. The number of carbonyl (C=O) groups is 2. The van der Waals surface area contributed by atoms with Gasteiger partial charge in [-0.3, -0.25) is 9.78 Å². The summed E-state index contributed by atoms with van der Waals surface area (Å²) in [6.45, 7) is 3.30. The third kappa shape index (κ3) is 3.42. The summed E-state index contributed by atoms with van der Waals surface area (Å²) < 4.78 is 4.50. The van der Waals surface area contributed by atoms with Crippen molar-refractivity contribution in [2.24, 2.45) is 0 Å². The van der Waals surface area contributed by atoms with Crippen molar-refractivity contribution in [2.45, 2.75) is 19.9 Å². The summed E-state index contributed by atoms with van der Waals surface area (Å²) in [6, 6.07) is 0.851. The van der Waals surface area contributed by atoms with Gasteiger partial charge in [-0.05, 0) is 19.9 Å². The molecule has 1 rings (SSSR count). The summed E-state index contributed by atoms with van der Waals surface area (Å²) in [5.74, 6) is -0.977. The van der Waals surface area contributed by atoms with Crippen LogP contribution >= 0.6 is 11.6 Å². The van der Waals surface area contributed by atoms with E-state index in [4.69, 9.17) is 11.6 Å². The second-order valence-electron chi connectivity index (χ2n) is 3.52. The number of amides is 1. The van der Waals surface area contributed by atoms with Gasteiger partial charge in [0.05, 0.1) is 17.7 Å². The van der Waals surface area contributed by atoms with Gasteiger partial charge in [0.15, 0.2) is 0 Å². The van der Waals surface area contributed by atoms with Crippen LogP contribution in [0.3, 0.4) is 0 Å². The van der Waals surface area contributed by atoms with Crippen molar-refractivity contribution in [1.82, 2.24) is 10.3 Å². The van der Waals surface area contributed by atoms with E-state index in [1.54, 1.807) is 13.0 Å². The molecule has 1 heterocycles. The minimum absolute atomic E-state index is 0.230. The lowest BCUT2D eigenvalue weighted by Crippen LogP contribution is -2.39. The molecule has 1 aromatic rings. The molecule has 1 N–H and O–H groups in total. The normalized spacial score (nSPS) is 11.8. The third-order valence-electron chi connectivity index (χ3n) is 2.14. The van der Waals surface area contributed by atoms with Crippen molar-refractivity contribution < 1.29 is 14.3 Å². The van der Waals surface area contributed by atoms with Crippen LogP contribution in [-0.2, 0) is 9.53 Å². The number of carbonyl (C=O) groups excluding carboxylic acids is 2. The fourth-order valence-electron chi connectivity index (χ4n) is 1.20. The van der Waals surface area contributed by atoms with Gasteiger partial charge in [-0.25, -0.2) is 4.79 Å². The summed E-state index contributed by atoms with van der Waals surface area (Å²) in [6.07, 6.45) is 1.37. The van der Waals surface area contributed by atoms with Crippen LogP contribution in [0.4, 0.5) is 0 Å². The Balaban J connectivity index is 2.80. The predicted octanol–water partition coefficient (Wildman–Crippen LogP) is 1.33. The number of nitrogens with one attached hydrogen (secondary N) is 1. The van der Waals surface area contributed by atoms with Crippen molar-refractivity contribution in [3.63, 3.8) is 0 Å². The number of esters is 1. The van der Waals surface area contributed by atoms with Gasteiger partial charge in [0, 0.05) is 11.9 Å². The first-order valence-corrected chi connectivity index (χ1v) is 5.34. The molecule has 0 unspecified atom stereocenters. The monoisotopic (exact) mass is 256 g/mol. The second kappa shape index (κ2) is 5.63. The highest BCUT2D eigenvalue weighted by atomic mass is 35.5. The summed E-state index contributed by atoms with van der Waals surface area (Å²) >= 11 is 5.90. The molecular formula is C11H13ClN2O3. The highest BCUT2D eigenvalue weighted by Gasteiger charge is 2.18. The second-order valence-corrected chi connectivity index (χ2v) is 3.93. The average Bonchev–Trinajstić information content (AvgIpc) is 2.27. The van der Waals surface area contributed by atoms with Crippen LogP contribution in [0.15, 0.2) is 12.3 Å². The molecule has 1 aromatic heterocycles. The number of aryl methyl sites for hydroxylation is 1. The van der Waals surface area contributed by atoms with Crippen LogP contribution in [-0.4, -0.2) is 30.0 Å². The number of halogens is 1. The van der Waals surface area contributed by atoms with Crippen molar-refractivity contribution in [3.8, 4) is 0 Å². The number of hydrogen-bond donors (Lipinski definition) is 1. The lowest BCUT2D eigenvalue weighted by atomic mass is 10.2. The zero-order chi connectivity index (χ0) is 13.0. The van der Waals surface area contributed by atoms with E-state index in [1.165, 1.54) is 20.2 Å². The lowest BCUT2D eigenvalue weighted by molar-refractivity contribution is -0.142. The molecule has 92 valence electrons. The average molecular weight is 257 g/mol. The molecule has 0 saturated heterocycles. The minimum Gasteiger partial charge on any atom is -0.467 e. The first kappa shape index (κ1) is 13.4. The standard InChI is InChI=1S/C11H13ClN2O3/c1-6-4-9(12)8(5-13-6)10(15)14-7(2)11(16)17-3/h4-5,7H,1-3H3,(H,14,15)/t7-/m0/s1. The number of nitrogens with zero attached hydrogens (tertiary/aromatic N) is 1. The van der Waals surface area contributed by atoms with E-state index in [9.17, 15) is 9.59 Å². The topological polar surface area (TPSA) is 68.3 Å². The number of hydrogen-bond acceptors (Lipinski definition) is 4. The Kier molecular flexibility index (Phi) is 4.45. The van der Waals surface area contributed by atoms with Crippen molar-refractivity contribution in [3.05, 3.63) is 28.5 Å².